The number of aromatic nitrogens is 2. The second kappa shape index (κ2) is 6.05. The summed E-state index contributed by atoms with van der Waals surface area (Å²) in [6.07, 6.45) is 0.727. The summed E-state index contributed by atoms with van der Waals surface area (Å²) in [5.41, 5.74) is 4.88. The molecule has 0 atom stereocenters. The first-order valence-corrected chi connectivity index (χ1v) is 6.63. The largest absolute Gasteiger partial charge is 0.416 e. The van der Waals surface area contributed by atoms with Crippen molar-refractivity contribution >= 4 is 23.4 Å². The molecular formula is C11H13ClN3OS+. The summed E-state index contributed by atoms with van der Waals surface area (Å²) in [6, 6.07) is 7.74. The van der Waals surface area contributed by atoms with E-state index in [4.69, 9.17) is 16.0 Å². The van der Waals surface area contributed by atoms with E-state index in [1.54, 1.807) is 0 Å². The quantitative estimate of drug-likeness (QED) is 0.842. The molecule has 0 radical (unpaired) electrons. The molecule has 90 valence electrons. The molecule has 17 heavy (non-hydrogen) atoms. The molecular weight excluding hydrogens is 258 g/mol. The maximum Gasteiger partial charge on any atom is 0.276 e. The van der Waals surface area contributed by atoms with Gasteiger partial charge >= 0.3 is 0 Å². The van der Waals surface area contributed by atoms with Gasteiger partial charge in [-0.25, -0.2) is 0 Å². The summed E-state index contributed by atoms with van der Waals surface area (Å²) in [5.74, 6) is 1.42. The van der Waals surface area contributed by atoms with Gasteiger partial charge in [0.2, 0.25) is 5.89 Å². The molecule has 0 aliphatic heterocycles. The van der Waals surface area contributed by atoms with Crippen molar-refractivity contribution in [1.82, 2.24) is 10.2 Å². The van der Waals surface area contributed by atoms with Crippen LogP contribution < -0.4 is 5.73 Å². The Labute approximate surface area is 109 Å². The normalized spacial score (nSPS) is 10.7. The maximum absolute atomic E-state index is 5.90. The maximum atomic E-state index is 5.90. The molecule has 0 unspecified atom stereocenters. The minimum Gasteiger partial charge on any atom is -0.416 e. The molecule has 2 rings (SSSR count). The third-order valence-electron chi connectivity index (χ3n) is 2.09. The third-order valence-corrected chi connectivity index (χ3v) is 3.21. The van der Waals surface area contributed by atoms with Crippen LogP contribution >= 0.6 is 23.4 Å². The number of halogens is 1. The summed E-state index contributed by atoms with van der Waals surface area (Å²) in [6.45, 7) is 0.764. The first-order chi connectivity index (χ1) is 8.28. The van der Waals surface area contributed by atoms with E-state index in [0.717, 1.165) is 29.3 Å². The third kappa shape index (κ3) is 3.73. The highest BCUT2D eigenvalue weighted by molar-refractivity contribution is 7.98. The molecule has 1 aromatic carbocycles. The van der Waals surface area contributed by atoms with Crippen LogP contribution in [0.15, 0.2) is 33.9 Å². The fraction of sp³-hybridized carbons (Fsp3) is 0.273. The molecule has 3 N–H and O–H groups in total. The lowest BCUT2D eigenvalue weighted by Gasteiger charge is -1.98. The Kier molecular flexibility index (Phi) is 4.42. The van der Waals surface area contributed by atoms with Gasteiger partial charge in [0, 0.05) is 10.8 Å². The van der Waals surface area contributed by atoms with Crippen molar-refractivity contribution < 1.29 is 10.2 Å². The molecule has 0 bridgehead atoms. The highest BCUT2D eigenvalue weighted by Crippen LogP contribution is 2.22. The van der Waals surface area contributed by atoms with E-state index < -0.39 is 0 Å². The molecule has 4 nitrogen and oxygen atoms in total. The molecule has 0 aliphatic carbocycles. The van der Waals surface area contributed by atoms with Crippen molar-refractivity contribution in [2.75, 3.05) is 6.54 Å². The molecule has 0 spiro atoms. The molecule has 0 saturated carbocycles. The van der Waals surface area contributed by atoms with Gasteiger partial charge in [-0.05, 0) is 17.7 Å². The zero-order chi connectivity index (χ0) is 12.1. The second-order valence-corrected chi connectivity index (χ2v) is 4.85. The lowest BCUT2D eigenvalue weighted by Crippen LogP contribution is -2.51. The Morgan fingerprint density at radius 3 is 3.00 bits per heavy atom. The van der Waals surface area contributed by atoms with Crippen molar-refractivity contribution in [1.29, 1.82) is 0 Å². The van der Waals surface area contributed by atoms with Gasteiger partial charge in [-0.15, -0.1) is 10.2 Å². The van der Waals surface area contributed by atoms with Gasteiger partial charge in [-0.1, -0.05) is 35.5 Å². The Bertz CT molecular complexity index is 489. The average molecular weight is 271 g/mol. The lowest BCUT2D eigenvalue weighted by atomic mass is 10.2. The van der Waals surface area contributed by atoms with Crippen LogP contribution in [0.25, 0.3) is 0 Å². The summed E-state index contributed by atoms with van der Waals surface area (Å²) in [5, 5.41) is 9.22. The predicted octanol–water partition coefficient (Wildman–Crippen LogP) is 1.80. The van der Waals surface area contributed by atoms with E-state index in [0.29, 0.717) is 11.1 Å². The molecule has 0 saturated heterocycles. The van der Waals surface area contributed by atoms with Crippen molar-refractivity contribution in [3.63, 3.8) is 0 Å². The lowest BCUT2D eigenvalue weighted by molar-refractivity contribution is -0.367. The van der Waals surface area contributed by atoms with Gasteiger partial charge in [0.15, 0.2) is 0 Å². The van der Waals surface area contributed by atoms with Crippen molar-refractivity contribution in [2.45, 2.75) is 17.4 Å². The highest BCUT2D eigenvalue weighted by Gasteiger charge is 2.06. The zero-order valence-corrected chi connectivity index (χ0v) is 10.8. The molecule has 6 heteroatoms. The number of nitrogens with zero attached hydrogens (tertiary/aromatic N) is 2. The average Bonchev–Trinajstić information content (AvgIpc) is 2.75. The van der Waals surface area contributed by atoms with Crippen molar-refractivity contribution in [3.8, 4) is 0 Å². The zero-order valence-electron chi connectivity index (χ0n) is 9.23. The van der Waals surface area contributed by atoms with Crippen LogP contribution in [-0.4, -0.2) is 16.7 Å². The fourth-order valence-electron chi connectivity index (χ4n) is 1.32. The van der Waals surface area contributed by atoms with Crippen LogP contribution in [-0.2, 0) is 12.2 Å². The predicted molar refractivity (Wildman–Crippen MR) is 66.8 cm³/mol. The van der Waals surface area contributed by atoms with Crippen LogP contribution in [0.5, 0.6) is 0 Å². The van der Waals surface area contributed by atoms with Crippen LogP contribution in [0.1, 0.15) is 11.5 Å². The van der Waals surface area contributed by atoms with Gasteiger partial charge in [0.05, 0.1) is 13.0 Å². The molecule has 1 heterocycles. The Balaban J connectivity index is 1.93. The summed E-state index contributed by atoms with van der Waals surface area (Å²) in [4.78, 5) is 0. The van der Waals surface area contributed by atoms with Gasteiger partial charge in [-0.2, -0.15) is 0 Å². The van der Waals surface area contributed by atoms with E-state index in [1.807, 2.05) is 24.3 Å². The van der Waals surface area contributed by atoms with Crippen molar-refractivity contribution in [3.05, 3.63) is 40.7 Å². The molecule has 2 aromatic rings. The van der Waals surface area contributed by atoms with E-state index in [9.17, 15) is 0 Å². The van der Waals surface area contributed by atoms with Crippen LogP contribution in [0.3, 0.4) is 0 Å². The van der Waals surface area contributed by atoms with Gasteiger partial charge in [0.25, 0.3) is 5.22 Å². The Morgan fingerprint density at radius 1 is 1.35 bits per heavy atom. The summed E-state index contributed by atoms with van der Waals surface area (Å²) in [7, 11) is 0. The standard InChI is InChI=1S/C11H12ClN3OS/c12-9-3-1-2-8(6-9)7-17-11-15-14-10(16-11)4-5-13/h1-3,6H,4-5,7,13H2/p+1. The van der Waals surface area contributed by atoms with E-state index in [2.05, 4.69) is 15.9 Å². The smallest absolute Gasteiger partial charge is 0.276 e. The molecule has 1 aromatic heterocycles. The van der Waals surface area contributed by atoms with Crippen LogP contribution in [0.4, 0.5) is 0 Å². The fourth-order valence-corrected chi connectivity index (χ4v) is 2.26. The first-order valence-electron chi connectivity index (χ1n) is 5.27. The minimum atomic E-state index is 0.591. The highest BCUT2D eigenvalue weighted by atomic mass is 35.5. The first kappa shape index (κ1) is 12.4. The van der Waals surface area contributed by atoms with Gasteiger partial charge < -0.3 is 10.2 Å². The number of rotatable bonds is 5. The van der Waals surface area contributed by atoms with E-state index >= 15 is 0 Å². The minimum absolute atomic E-state index is 0.591. The summed E-state index contributed by atoms with van der Waals surface area (Å²) < 4.78 is 5.44. The monoisotopic (exact) mass is 270 g/mol. The topological polar surface area (TPSA) is 66.6 Å². The number of hydrogen-bond acceptors (Lipinski definition) is 4. The van der Waals surface area contributed by atoms with E-state index in [1.165, 1.54) is 11.8 Å². The van der Waals surface area contributed by atoms with Gasteiger partial charge in [0.1, 0.15) is 0 Å². The number of thioether (sulfide) groups is 1. The number of benzene rings is 1. The van der Waals surface area contributed by atoms with Crippen LogP contribution in [0.2, 0.25) is 5.02 Å². The molecule has 0 aliphatic rings. The Hall–Kier alpha value is -1.04. The van der Waals surface area contributed by atoms with Crippen molar-refractivity contribution in [2.24, 2.45) is 0 Å². The Morgan fingerprint density at radius 2 is 2.24 bits per heavy atom. The SMILES string of the molecule is [NH3+]CCc1nnc(SCc2cccc(Cl)c2)o1. The number of hydrogen-bond donors (Lipinski definition) is 1. The van der Waals surface area contributed by atoms with E-state index in [-0.39, 0.29) is 0 Å². The number of quaternary nitrogens is 1. The summed E-state index contributed by atoms with van der Waals surface area (Å²) >= 11 is 7.41. The van der Waals surface area contributed by atoms with Crippen LogP contribution in [0, 0.1) is 0 Å². The van der Waals surface area contributed by atoms with Gasteiger partial charge in [-0.3, -0.25) is 0 Å². The molecule has 0 fully saturated rings. The second-order valence-electron chi connectivity index (χ2n) is 3.48. The molecule has 0 amide bonds.